The van der Waals surface area contributed by atoms with Gasteiger partial charge in [-0.25, -0.2) is 18.9 Å². The second-order valence-corrected chi connectivity index (χ2v) is 7.74. The number of nitrogens with zero attached hydrogens (tertiary/aromatic N) is 5. The number of benzene rings is 1. The summed E-state index contributed by atoms with van der Waals surface area (Å²) in [4.78, 5) is 32.2. The van der Waals surface area contributed by atoms with E-state index < -0.39 is 0 Å². The second-order valence-electron chi connectivity index (χ2n) is 7.74. The summed E-state index contributed by atoms with van der Waals surface area (Å²) in [6.07, 6.45) is 1.75. The van der Waals surface area contributed by atoms with E-state index in [2.05, 4.69) is 23.9 Å². The molecule has 27 heavy (non-hydrogen) atoms. The molecule has 0 saturated carbocycles. The third-order valence-corrected chi connectivity index (χ3v) is 5.31. The van der Waals surface area contributed by atoms with Crippen molar-refractivity contribution in [1.82, 2.24) is 24.1 Å². The van der Waals surface area contributed by atoms with Gasteiger partial charge in [-0.2, -0.15) is 0 Å². The number of carbonyl (C=O) groups excluding carboxylic acids is 1. The Labute approximate surface area is 157 Å². The number of hydrogen-bond acceptors (Lipinski definition) is 4. The van der Waals surface area contributed by atoms with Crippen molar-refractivity contribution in [3.05, 3.63) is 40.6 Å². The predicted molar refractivity (Wildman–Crippen MR) is 104 cm³/mol. The van der Waals surface area contributed by atoms with Crippen molar-refractivity contribution >= 4 is 22.5 Å². The van der Waals surface area contributed by atoms with Gasteiger partial charge in [0.25, 0.3) is 0 Å². The molecule has 7 nitrogen and oxygen atoms in total. The van der Waals surface area contributed by atoms with Crippen molar-refractivity contribution in [3.63, 3.8) is 0 Å². The molecule has 1 saturated heterocycles. The summed E-state index contributed by atoms with van der Waals surface area (Å²) in [5, 5.41) is 5.32. The highest BCUT2D eigenvalue weighted by atomic mass is 16.2. The van der Waals surface area contributed by atoms with Crippen LogP contribution in [0.3, 0.4) is 0 Å². The molecule has 2 atom stereocenters. The molecule has 0 unspecified atom stereocenters. The maximum Gasteiger partial charge on any atom is 0.352 e. The molecule has 7 heteroatoms. The fourth-order valence-electron chi connectivity index (χ4n) is 4.20. The minimum absolute atomic E-state index is 0.0303. The standard InChI is InChI=1S/C20H25N5O2/c1-4-17-21-16-8-6-5-7-15(16)19-22-24(20(27)25(17)19)12-18(26)23-10-13(2)9-14(3)11-23/h5-8,13-14H,4,9-12H2,1-3H3/t13-,14-/m0/s1. The van der Waals surface area contributed by atoms with Gasteiger partial charge in [0.2, 0.25) is 5.91 Å². The summed E-state index contributed by atoms with van der Waals surface area (Å²) >= 11 is 0. The van der Waals surface area contributed by atoms with Gasteiger partial charge < -0.3 is 4.90 Å². The number of fused-ring (bicyclic) bond motifs is 3. The third-order valence-electron chi connectivity index (χ3n) is 5.31. The average Bonchev–Trinajstić information content (AvgIpc) is 2.97. The fraction of sp³-hybridized carbons (Fsp3) is 0.500. The molecule has 1 aromatic carbocycles. The molecule has 0 bridgehead atoms. The number of aryl methyl sites for hydroxylation is 1. The number of carbonyl (C=O) groups is 1. The highest BCUT2D eigenvalue weighted by molar-refractivity contribution is 5.91. The van der Waals surface area contributed by atoms with Crippen LogP contribution in [0.25, 0.3) is 16.6 Å². The van der Waals surface area contributed by atoms with Crippen LogP contribution >= 0.6 is 0 Å². The SMILES string of the molecule is CCc1nc2ccccc2c2nn(CC(=O)N3C[C@@H](C)C[C@H](C)C3)c(=O)n12. The van der Waals surface area contributed by atoms with Crippen LogP contribution in [0.4, 0.5) is 0 Å². The van der Waals surface area contributed by atoms with Crippen molar-refractivity contribution in [2.45, 2.75) is 40.2 Å². The number of aromatic nitrogens is 4. The molecule has 142 valence electrons. The van der Waals surface area contributed by atoms with Gasteiger partial charge in [0, 0.05) is 24.9 Å². The lowest BCUT2D eigenvalue weighted by Crippen LogP contribution is -2.45. The molecular formula is C20H25N5O2. The van der Waals surface area contributed by atoms with Crippen molar-refractivity contribution in [2.75, 3.05) is 13.1 Å². The molecule has 0 aliphatic carbocycles. The molecule has 0 spiro atoms. The number of para-hydroxylation sites is 1. The fourth-order valence-corrected chi connectivity index (χ4v) is 4.20. The molecule has 2 aromatic heterocycles. The summed E-state index contributed by atoms with van der Waals surface area (Å²) in [6.45, 7) is 7.75. The quantitative estimate of drug-likeness (QED) is 0.711. The Morgan fingerprint density at radius 1 is 1.19 bits per heavy atom. The van der Waals surface area contributed by atoms with Gasteiger partial charge in [0.1, 0.15) is 12.4 Å². The van der Waals surface area contributed by atoms with E-state index in [1.807, 2.05) is 36.1 Å². The molecule has 0 N–H and O–H groups in total. The number of amides is 1. The molecule has 0 radical (unpaired) electrons. The van der Waals surface area contributed by atoms with E-state index >= 15 is 0 Å². The lowest BCUT2D eigenvalue weighted by atomic mass is 9.92. The zero-order valence-corrected chi connectivity index (χ0v) is 16.1. The molecule has 3 heterocycles. The van der Waals surface area contributed by atoms with E-state index in [4.69, 9.17) is 0 Å². The normalized spacial score (nSPS) is 20.5. The van der Waals surface area contributed by atoms with E-state index in [9.17, 15) is 9.59 Å². The molecule has 1 aliphatic rings. The summed E-state index contributed by atoms with van der Waals surface area (Å²) in [7, 11) is 0. The second kappa shape index (κ2) is 6.79. The van der Waals surface area contributed by atoms with Crippen LogP contribution < -0.4 is 5.69 Å². The summed E-state index contributed by atoms with van der Waals surface area (Å²) < 4.78 is 2.83. The largest absolute Gasteiger partial charge is 0.352 e. The Morgan fingerprint density at radius 3 is 2.59 bits per heavy atom. The Morgan fingerprint density at radius 2 is 1.89 bits per heavy atom. The van der Waals surface area contributed by atoms with Crippen LogP contribution in [0.5, 0.6) is 0 Å². The molecule has 3 aromatic rings. The van der Waals surface area contributed by atoms with E-state index in [-0.39, 0.29) is 18.1 Å². The van der Waals surface area contributed by atoms with Gasteiger partial charge in [0.05, 0.1) is 5.52 Å². The Hall–Kier alpha value is -2.70. The highest BCUT2D eigenvalue weighted by Gasteiger charge is 2.26. The summed E-state index contributed by atoms with van der Waals surface area (Å²) in [6, 6.07) is 7.65. The van der Waals surface area contributed by atoms with Crippen molar-refractivity contribution in [1.29, 1.82) is 0 Å². The summed E-state index contributed by atoms with van der Waals surface area (Å²) in [5.41, 5.74) is 1.08. The van der Waals surface area contributed by atoms with Gasteiger partial charge in [-0.15, -0.1) is 5.10 Å². The van der Waals surface area contributed by atoms with Gasteiger partial charge in [-0.3, -0.25) is 4.79 Å². The van der Waals surface area contributed by atoms with Crippen LogP contribution in [-0.2, 0) is 17.8 Å². The van der Waals surface area contributed by atoms with Crippen LogP contribution in [0.2, 0.25) is 0 Å². The van der Waals surface area contributed by atoms with Gasteiger partial charge in [0.15, 0.2) is 5.65 Å². The van der Waals surface area contributed by atoms with Crippen LogP contribution in [0, 0.1) is 11.8 Å². The van der Waals surface area contributed by atoms with Crippen LogP contribution in [-0.4, -0.2) is 43.1 Å². The third kappa shape index (κ3) is 3.11. The zero-order valence-electron chi connectivity index (χ0n) is 16.1. The van der Waals surface area contributed by atoms with Crippen LogP contribution in [0.15, 0.2) is 29.1 Å². The maximum atomic E-state index is 13.0. The van der Waals surface area contributed by atoms with E-state index in [1.54, 1.807) is 0 Å². The Kier molecular flexibility index (Phi) is 4.45. The molecule has 1 aliphatic heterocycles. The molecule has 1 fully saturated rings. The van der Waals surface area contributed by atoms with Gasteiger partial charge in [-0.1, -0.05) is 32.9 Å². The smallest absolute Gasteiger partial charge is 0.341 e. The Balaban J connectivity index is 1.74. The van der Waals surface area contributed by atoms with E-state index in [0.29, 0.717) is 29.7 Å². The first-order valence-electron chi connectivity index (χ1n) is 9.63. The number of likely N-dealkylation sites (tertiary alicyclic amines) is 1. The minimum Gasteiger partial charge on any atom is -0.341 e. The first-order valence-corrected chi connectivity index (χ1v) is 9.63. The van der Waals surface area contributed by atoms with Gasteiger partial charge in [-0.05, 0) is 30.4 Å². The topological polar surface area (TPSA) is 72.5 Å². The lowest BCUT2D eigenvalue weighted by Gasteiger charge is -2.34. The number of piperidine rings is 1. The van der Waals surface area contributed by atoms with Crippen molar-refractivity contribution in [3.8, 4) is 0 Å². The van der Waals surface area contributed by atoms with Crippen molar-refractivity contribution in [2.24, 2.45) is 11.8 Å². The molecule has 1 amide bonds. The van der Waals surface area contributed by atoms with Gasteiger partial charge >= 0.3 is 5.69 Å². The number of rotatable bonds is 3. The first-order chi connectivity index (χ1) is 13.0. The number of hydrogen-bond donors (Lipinski definition) is 0. The van der Waals surface area contributed by atoms with E-state index in [0.717, 1.165) is 30.4 Å². The Bertz CT molecular complexity index is 1060. The lowest BCUT2D eigenvalue weighted by molar-refractivity contribution is -0.134. The summed E-state index contributed by atoms with van der Waals surface area (Å²) in [5.74, 6) is 1.58. The van der Waals surface area contributed by atoms with Crippen LogP contribution in [0.1, 0.15) is 33.0 Å². The minimum atomic E-state index is -0.299. The zero-order chi connectivity index (χ0) is 19.1. The first kappa shape index (κ1) is 17.7. The molecular weight excluding hydrogens is 342 g/mol. The predicted octanol–water partition coefficient (Wildman–Crippen LogP) is 2.11. The molecule has 4 rings (SSSR count). The highest BCUT2D eigenvalue weighted by Crippen LogP contribution is 2.21. The monoisotopic (exact) mass is 367 g/mol. The van der Waals surface area contributed by atoms with Crippen molar-refractivity contribution < 1.29 is 4.79 Å². The maximum absolute atomic E-state index is 13.0. The van der Waals surface area contributed by atoms with E-state index in [1.165, 1.54) is 9.08 Å². The average molecular weight is 367 g/mol.